The van der Waals surface area contributed by atoms with Crippen LogP contribution in [0.4, 0.5) is 4.39 Å². The van der Waals surface area contributed by atoms with E-state index in [0.717, 1.165) is 18.7 Å². The highest BCUT2D eigenvalue weighted by molar-refractivity contribution is 5.82. The zero-order chi connectivity index (χ0) is 13.8. The van der Waals surface area contributed by atoms with Gasteiger partial charge in [0.15, 0.2) is 0 Å². The first-order valence-corrected chi connectivity index (χ1v) is 6.48. The minimum atomic E-state index is -0.269. The molecule has 0 spiro atoms. The van der Waals surface area contributed by atoms with Crippen molar-refractivity contribution in [2.24, 2.45) is 0 Å². The highest BCUT2D eigenvalue weighted by Crippen LogP contribution is 2.09. The summed E-state index contributed by atoms with van der Waals surface area (Å²) >= 11 is 0. The number of benzene rings is 1. The van der Waals surface area contributed by atoms with E-state index in [-0.39, 0.29) is 17.8 Å². The largest absolute Gasteiger partial charge is 0.340 e. The van der Waals surface area contributed by atoms with Gasteiger partial charge in [-0.2, -0.15) is 0 Å². The van der Waals surface area contributed by atoms with Gasteiger partial charge in [0.1, 0.15) is 11.9 Å². The molecular weight excluding hydrogens is 245 g/mol. The van der Waals surface area contributed by atoms with Gasteiger partial charge in [0, 0.05) is 33.2 Å². The number of piperazine rings is 1. The summed E-state index contributed by atoms with van der Waals surface area (Å²) in [6, 6.07) is 6.23. The van der Waals surface area contributed by atoms with E-state index in [1.54, 1.807) is 18.0 Å². The van der Waals surface area contributed by atoms with E-state index < -0.39 is 0 Å². The van der Waals surface area contributed by atoms with Crippen LogP contribution in [0.1, 0.15) is 5.56 Å². The van der Waals surface area contributed by atoms with Gasteiger partial charge in [0.25, 0.3) is 0 Å². The molecule has 0 aliphatic carbocycles. The Bertz CT molecular complexity index is 452. The highest BCUT2D eigenvalue weighted by atomic mass is 19.1. The molecule has 1 aromatic carbocycles. The molecule has 1 atom stereocenters. The van der Waals surface area contributed by atoms with Crippen LogP contribution < -0.4 is 5.32 Å². The fourth-order valence-corrected chi connectivity index (χ4v) is 2.32. The topological polar surface area (TPSA) is 35.6 Å². The molecule has 1 fully saturated rings. The maximum absolute atomic E-state index is 13.1. The number of rotatable bonds is 3. The Morgan fingerprint density at radius 3 is 3.05 bits per heavy atom. The fraction of sp³-hybridized carbons (Fsp3) is 0.500. The van der Waals surface area contributed by atoms with E-state index in [4.69, 9.17) is 0 Å². The Morgan fingerprint density at radius 1 is 1.58 bits per heavy atom. The minimum absolute atomic E-state index is 0.0685. The molecule has 0 radical (unpaired) electrons. The summed E-state index contributed by atoms with van der Waals surface area (Å²) in [5.41, 5.74) is 0.808. The third-order valence-corrected chi connectivity index (χ3v) is 3.48. The average molecular weight is 265 g/mol. The lowest BCUT2D eigenvalue weighted by molar-refractivity contribution is -0.136. The molecule has 1 N–H and O–H groups in total. The number of nitrogens with one attached hydrogen (secondary N) is 1. The van der Waals surface area contributed by atoms with Crippen LogP contribution in [0.5, 0.6) is 0 Å². The maximum atomic E-state index is 13.1. The Morgan fingerprint density at radius 2 is 2.37 bits per heavy atom. The number of hydrogen-bond donors (Lipinski definition) is 1. The zero-order valence-corrected chi connectivity index (χ0v) is 11.4. The lowest BCUT2D eigenvalue weighted by atomic mass is 10.1. The van der Waals surface area contributed by atoms with Crippen LogP contribution in [0.25, 0.3) is 0 Å². The standard InChI is InChI=1S/C14H20FN3O/c1-17-7-6-16-9-13(17)14(19)18(2)10-11-4-3-5-12(15)8-11/h3-5,8,13,16H,6-7,9-10H2,1-2H3. The molecule has 104 valence electrons. The van der Waals surface area contributed by atoms with Crippen LogP contribution in [0, 0.1) is 5.82 Å². The molecule has 0 bridgehead atoms. The van der Waals surface area contributed by atoms with Crippen LogP contribution in [0.2, 0.25) is 0 Å². The van der Waals surface area contributed by atoms with Crippen LogP contribution >= 0.6 is 0 Å². The molecule has 0 saturated carbocycles. The van der Waals surface area contributed by atoms with Crippen molar-refractivity contribution in [3.63, 3.8) is 0 Å². The van der Waals surface area contributed by atoms with Crippen LogP contribution in [-0.4, -0.2) is 55.5 Å². The van der Waals surface area contributed by atoms with Crippen molar-refractivity contribution in [3.05, 3.63) is 35.6 Å². The molecule has 2 rings (SSSR count). The monoisotopic (exact) mass is 265 g/mol. The number of nitrogens with zero attached hydrogens (tertiary/aromatic N) is 2. The number of carbonyl (C=O) groups is 1. The predicted octanol–water partition coefficient (Wildman–Crippen LogP) is 0.688. The summed E-state index contributed by atoms with van der Waals surface area (Å²) in [6.45, 7) is 2.88. The molecule has 1 amide bonds. The summed E-state index contributed by atoms with van der Waals surface area (Å²) in [5, 5.41) is 3.22. The fourth-order valence-electron chi connectivity index (χ4n) is 2.32. The summed E-state index contributed by atoms with van der Waals surface area (Å²) in [4.78, 5) is 16.1. The molecule has 5 heteroatoms. The van der Waals surface area contributed by atoms with Crippen molar-refractivity contribution in [1.29, 1.82) is 0 Å². The molecule has 1 heterocycles. The Labute approximate surface area is 113 Å². The first-order chi connectivity index (χ1) is 9.08. The van der Waals surface area contributed by atoms with Crippen molar-refractivity contribution < 1.29 is 9.18 Å². The van der Waals surface area contributed by atoms with Crippen molar-refractivity contribution in [2.75, 3.05) is 33.7 Å². The molecule has 1 aliphatic heterocycles. The van der Waals surface area contributed by atoms with Gasteiger partial charge in [-0.3, -0.25) is 9.69 Å². The smallest absolute Gasteiger partial charge is 0.241 e. The number of likely N-dealkylation sites (N-methyl/N-ethyl adjacent to an activating group) is 2. The van der Waals surface area contributed by atoms with Crippen molar-refractivity contribution in [3.8, 4) is 0 Å². The van der Waals surface area contributed by atoms with E-state index >= 15 is 0 Å². The third-order valence-electron chi connectivity index (χ3n) is 3.48. The number of amides is 1. The Hall–Kier alpha value is -1.46. The summed E-state index contributed by atoms with van der Waals surface area (Å²) in [5.74, 6) is -0.200. The second-order valence-electron chi connectivity index (χ2n) is 5.02. The quantitative estimate of drug-likeness (QED) is 0.873. The zero-order valence-electron chi connectivity index (χ0n) is 11.4. The maximum Gasteiger partial charge on any atom is 0.241 e. The van der Waals surface area contributed by atoms with Crippen molar-refractivity contribution in [1.82, 2.24) is 15.1 Å². The summed E-state index contributed by atoms with van der Waals surface area (Å²) in [7, 11) is 3.72. The summed E-state index contributed by atoms with van der Waals surface area (Å²) in [6.07, 6.45) is 0. The van der Waals surface area contributed by atoms with Gasteiger partial charge < -0.3 is 10.2 Å². The lowest BCUT2D eigenvalue weighted by Gasteiger charge is -2.34. The predicted molar refractivity (Wildman–Crippen MR) is 72.2 cm³/mol. The van der Waals surface area contributed by atoms with Crippen LogP contribution in [-0.2, 0) is 11.3 Å². The second-order valence-corrected chi connectivity index (χ2v) is 5.02. The van der Waals surface area contributed by atoms with Gasteiger partial charge in [-0.15, -0.1) is 0 Å². The molecule has 4 nitrogen and oxygen atoms in total. The van der Waals surface area contributed by atoms with Gasteiger partial charge in [0.05, 0.1) is 0 Å². The molecule has 19 heavy (non-hydrogen) atoms. The molecule has 1 unspecified atom stereocenters. The van der Waals surface area contributed by atoms with E-state index in [2.05, 4.69) is 10.2 Å². The normalized spacial score (nSPS) is 20.3. The highest BCUT2D eigenvalue weighted by Gasteiger charge is 2.28. The molecule has 0 aromatic heterocycles. The number of halogens is 1. The average Bonchev–Trinajstić information content (AvgIpc) is 2.38. The second kappa shape index (κ2) is 6.12. The molecule has 1 saturated heterocycles. The Kier molecular flexibility index (Phi) is 4.50. The van der Waals surface area contributed by atoms with Gasteiger partial charge in [0.2, 0.25) is 5.91 Å². The first kappa shape index (κ1) is 14.0. The van der Waals surface area contributed by atoms with Gasteiger partial charge >= 0.3 is 0 Å². The Balaban J connectivity index is 1.99. The molecular formula is C14H20FN3O. The van der Waals surface area contributed by atoms with Crippen molar-refractivity contribution >= 4 is 5.91 Å². The lowest BCUT2D eigenvalue weighted by Crippen LogP contribution is -2.56. The molecule has 1 aliphatic rings. The van der Waals surface area contributed by atoms with Crippen molar-refractivity contribution in [2.45, 2.75) is 12.6 Å². The van der Waals surface area contributed by atoms with E-state index in [1.807, 2.05) is 13.1 Å². The van der Waals surface area contributed by atoms with E-state index in [1.165, 1.54) is 12.1 Å². The van der Waals surface area contributed by atoms with Gasteiger partial charge in [-0.25, -0.2) is 4.39 Å². The van der Waals surface area contributed by atoms with E-state index in [9.17, 15) is 9.18 Å². The van der Waals surface area contributed by atoms with Gasteiger partial charge in [-0.05, 0) is 24.7 Å². The number of carbonyl (C=O) groups excluding carboxylic acids is 1. The van der Waals surface area contributed by atoms with Gasteiger partial charge in [-0.1, -0.05) is 12.1 Å². The number of hydrogen-bond acceptors (Lipinski definition) is 3. The SMILES string of the molecule is CN(Cc1cccc(F)c1)C(=O)C1CNCCN1C. The van der Waals surface area contributed by atoms with Crippen LogP contribution in [0.3, 0.4) is 0 Å². The molecule has 1 aromatic rings. The minimum Gasteiger partial charge on any atom is -0.340 e. The van der Waals surface area contributed by atoms with Crippen LogP contribution in [0.15, 0.2) is 24.3 Å². The van der Waals surface area contributed by atoms with E-state index in [0.29, 0.717) is 13.1 Å². The third kappa shape index (κ3) is 3.52. The summed E-state index contributed by atoms with van der Waals surface area (Å²) < 4.78 is 13.1. The first-order valence-electron chi connectivity index (χ1n) is 6.48.